The molecule has 0 radical (unpaired) electrons. The molecule has 1 heterocycles. The van der Waals surface area contributed by atoms with Gasteiger partial charge in [-0.15, -0.1) is 0 Å². The summed E-state index contributed by atoms with van der Waals surface area (Å²) in [4.78, 5) is 2.65. The molecule has 2 nitrogen and oxygen atoms in total. The fourth-order valence-corrected chi connectivity index (χ4v) is 3.65. The largest absolute Gasteiger partial charge is 0.457 e. The Morgan fingerprint density at radius 3 is 2.32 bits per heavy atom. The SMILES string of the molecule is CC(CCN1CCCCC1C)c1ccc(Oc2ccc(Cl)cc2)cc1. The van der Waals surface area contributed by atoms with E-state index in [0.717, 1.165) is 22.6 Å². The first-order chi connectivity index (χ1) is 12.1. The van der Waals surface area contributed by atoms with Crippen LogP contribution in [0.2, 0.25) is 5.02 Å². The quantitative estimate of drug-likeness (QED) is 0.585. The lowest BCUT2D eigenvalue weighted by Crippen LogP contribution is -2.38. The van der Waals surface area contributed by atoms with E-state index < -0.39 is 0 Å². The molecule has 0 amide bonds. The van der Waals surface area contributed by atoms with Crippen molar-refractivity contribution in [1.82, 2.24) is 4.90 Å². The van der Waals surface area contributed by atoms with Crippen LogP contribution in [0.15, 0.2) is 48.5 Å². The molecule has 0 N–H and O–H groups in total. The number of hydrogen-bond donors (Lipinski definition) is 0. The minimum absolute atomic E-state index is 0.568. The molecule has 2 atom stereocenters. The van der Waals surface area contributed by atoms with E-state index in [-0.39, 0.29) is 0 Å². The van der Waals surface area contributed by atoms with Crippen molar-refractivity contribution in [3.63, 3.8) is 0 Å². The molecule has 0 spiro atoms. The van der Waals surface area contributed by atoms with Crippen molar-refractivity contribution < 1.29 is 4.74 Å². The summed E-state index contributed by atoms with van der Waals surface area (Å²) in [6.45, 7) is 7.16. The predicted molar refractivity (Wildman–Crippen MR) is 106 cm³/mol. The van der Waals surface area contributed by atoms with Gasteiger partial charge in [-0.05, 0) is 87.2 Å². The number of likely N-dealkylation sites (tertiary alicyclic amines) is 1. The van der Waals surface area contributed by atoms with Crippen molar-refractivity contribution in [2.45, 2.75) is 51.5 Å². The van der Waals surface area contributed by atoms with Crippen LogP contribution in [-0.4, -0.2) is 24.0 Å². The monoisotopic (exact) mass is 357 g/mol. The Balaban J connectivity index is 1.53. The molecule has 3 rings (SSSR count). The summed E-state index contributed by atoms with van der Waals surface area (Å²) < 4.78 is 5.87. The second kappa shape index (κ2) is 8.73. The number of hydrogen-bond acceptors (Lipinski definition) is 2. The molecule has 0 saturated carbocycles. The summed E-state index contributed by atoms with van der Waals surface area (Å²) in [5, 5.41) is 0.722. The Morgan fingerprint density at radius 2 is 1.68 bits per heavy atom. The normalized spacial score (nSPS) is 19.6. The van der Waals surface area contributed by atoms with Gasteiger partial charge in [0.05, 0.1) is 0 Å². The molecule has 2 aromatic carbocycles. The molecule has 0 aromatic heterocycles. The zero-order valence-electron chi connectivity index (χ0n) is 15.2. The van der Waals surface area contributed by atoms with Crippen molar-refractivity contribution in [3.8, 4) is 11.5 Å². The van der Waals surface area contributed by atoms with Crippen LogP contribution < -0.4 is 4.74 Å². The van der Waals surface area contributed by atoms with Gasteiger partial charge in [-0.25, -0.2) is 0 Å². The standard InChI is InChI=1S/C22H28ClNO/c1-17(14-16-24-15-4-3-5-18(24)2)19-6-10-21(11-7-19)25-22-12-8-20(23)9-13-22/h6-13,17-18H,3-5,14-16H2,1-2H3. The van der Waals surface area contributed by atoms with Crippen LogP contribution in [0.4, 0.5) is 0 Å². The third kappa shape index (κ3) is 5.23. The summed E-state index contributed by atoms with van der Waals surface area (Å²) in [5.74, 6) is 2.24. The van der Waals surface area contributed by atoms with Crippen LogP contribution in [-0.2, 0) is 0 Å². The van der Waals surface area contributed by atoms with Crippen LogP contribution in [0.3, 0.4) is 0 Å². The highest BCUT2D eigenvalue weighted by Gasteiger charge is 2.18. The molecule has 1 aliphatic rings. The number of ether oxygens (including phenoxy) is 1. The summed E-state index contributed by atoms with van der Waals surface area (Å²) in [6, 6.07) is 16.7. The second-order valence-corrected chi connectivity index (χ2v) is 7.63. The van der Waals surface area contributed by atoms with Gasteiger partial charge in [0.25, 0.3) is 0 Å². The van der Waals surface area contributed by atoms with Gasteiger partial charge in [0.1, 0.15) is 11.5 Å². The fourth-order valence-electron chi connectivity index (χ4n) is 3.52. The molecule has 1 saturated heterocycles. The average molecular weight is 358 g/mol. The van der Waals surface area contributed by atoms with Gasteiger partial charge in [0.15, 0.2) is 0 Å². The van der Waals surface area contributed by atoms with E-state index in [1.165, 1.54) is 44.3 Å². The van der Waals surface area contributed by atoms with Gasteiger partial charge in [-0.1, -0.05) is 37.1 Å². The van der Waals surface area contributed by atoms with Crippen LogP contribution in [0.25, 0.3) is 0 Å². The van der Waals surface area contributed by atoms with Crippen LogP contribution in [0, 0.1) is 0 Å². The van der Waals surface area contributed by atoms with Crippen molar-refractivity contribution in [2.75, 3.05) is 13.1 Å². The zero-order valence-corrected chi connectivity index (χ0v) is 16.0. The molecule has 3 heteroatoms. The third-order valence-electron chi connectivity index (χ3n) is 5.29. The number of halogens is 1. The Morgan fingerprint density at radius 1 is 1.04 bits per heavy atom. The molecule has 2 aromatic rings. The molecule has 1 fully saturated rings. The van der Waals surface area contributed by atoms with Crippen LogP contribution in [0.1, 0.15) is 51.0 Å². The maximum absolute atomic E-state index is 5.91. The molecular formula is C22H28ClNO. The first-order valence-corrected chi connectivity index (χ1v) is 9.77. The number of rotatable bonds is 6. The topological polar surface area (TPSA) is 12.5 Å². The molecule has 2 unspecified atom stereocenters. The van der Waals surface area contributed by atoms with E-state index in [1.807, 2.05) is 24.3 Å². The predicted octanol–water partition coefficient (Wildman–Crippen LogP) is 6.50. The van der Waals surface area contributed by atoms with E-state index in [9.17, 15) is 0 Å². The van der Waals surface area contributed by atoms with Gasteiger partial charge >= 0.3 is 0 Å². The minimum Gasteiger partial charge on any atom is -0.457 e. The van der Waals surface area contributed by atoms with Gasteiger partial charge < -0.3 is 9.64 Å². The van der Waals surface area contributed by atoms with Gasteiger partial charge in [-0.3, -0.25) is 0 Å². The molecular weight excluding hydrogens is 330 g/mol. The lowest BCUT2D eigenvalue weighted by molar-refractivity contribution is 0.156. The maximum Gasteiger partial charge on any atom is 0.127 e. The lowest BCUT2D eigenvalue weighted by atomic mass is 9.96. The summed E-state index contributed by atoms with van der Waals surface area (Å²) in [7, 11) is 0. The third-order valence-corrected chi connectivity index (χ3v) is 5.54. The van der Waals surface area contributed by atoms with Crippen molar-refractivity contribution in [1.29, 1.82) is 0 Å². The van der Waals surface area contributed by atoms with E-state index in [4.69, 9.17) is 16.3 Å². The first kappa shape index (κ1) is 18.3. The summed E-state index contributed by atoms with van der Waals surface area (Å²) >= 11 is 5.91. The second-order valence-electron chi connectivity index (χ2n) is 7.20. The highest BCUT2D eigenvalue weighted by atomic mass is 35.5. The van der Waals surface area contributed by atoms with Crippen molar-refractivity contribution in [3.05, 3.63) is 59.1 Å². The van der Waals surface area contributed by atoms with Crippen LogP contribution >= 0.6 is 11.6 Å². The summed E-state index contributed by atoms with van der Waals surface area (Å²) in [6.07, 6.45) is 5.31. The Hall–Kier alpha value is -1.51. The number of nitrogens with zero attached hydrogens (tertiary/aromatic N) is 1. The fraction of sp³-hybridized carbons (Fsp3) is 0.455. The van der Waals surface area contributed by atoms with Gasteiger partial charge in [0, 0.05) is 11.1 Å². The van der Waals surface area contributed by atoms with Crippen molar-refractivity contribution in [2.24, 2.45) is 0 Å². The van der Waals surface area contributed by atoms with Gasteiger partial charge in [-0.2, -0.15) is 0 Å². The molecule has 0 bridgehead atoms. The van der Waals surface area contributed by atoms with E-state index in [2.05, 4.69) is 43.0 Å². The van der Waals surface area contributed by atoms with Crippen LogP contribution in [0.5, 0.6) is 11.5 Å². The Kier molecular flexibility index (Phi) is 6.39. The summed E-state index contributed by atoms with van der Waals surface area (Å²) in [5.41, 5.74) is 1.38. The van der Waals surface area contributed by atoms with E-state index in [1.54, 1.807) is 0 Å². The highest BCUT2D eigenvalue weighted by molar-refractivity contribution is 6.30. The minimum atomic E-state index is 0.568. The van der Waals surface area contributed by atoms with Crippen molar-refractivity contribution >= 4 is 11.6 Å². The first-order valence-electron chi connectivity index (χ1n) is 9.39. The molecule has 134 valence electrons. The van der Waals surface area contributed by atoms with Gasteiger partial charge in [0.2, 0.25) is 0 Å². The maximum atomic E-state index is 5.91. The number of piperidine rings is 1. The molecule has 0 aliphatic carbocycles. The zero-order chi connectivity index (χ0) is 17.6. The molecule has 1 aliphatic heterocycles. The van der Waals surface area contributed by atoms with E-state index >= 15 is 0 Å². The highest BCUT2D eigenvalue weighted by Crippen LogP contribution is 2.27. The Bertz CT molecular complexity index is 653. The lowest BCUT2D eigenvalue weighted by Gasteiger charge is -2.34. The van der Waals surface area contributed by atoms with E-state index in [0.29, 0.717) is 5.92 Å². The average Bonchev–Trinajstić information content (AvgIpc) is 2.63. The smallest absolute Gasteiger partial charge is 0.127 e. The number of benzene rings is 2. The molecule has 25 heavy (non-hydrogen) atoms. The Labute approximate surface area is 156 Å².